The predicted octanol–water partition coefficient (Wildman–Crippen LogP) is -1.21. The number of carbonyl (C=O) groups is 1. The molecule has 0 radical (unpaired) electrons. The van der Waals surface area contributed by atoms with Crippen LogP contribution < -0.4 is 0 Å². The first kappa shape index (κ1) is 10.4. The summed E-state index contributed by atoms with van der Waals surface area (Å²) in [4.78, 5) is 12.8. The summed E-state index contributed by atoms with van der Waals surface area (Å²) in [6.45, 7) is 0.855. The van der Waals surface area contributed by atoms with Crippen LogP contribution in [-0.4, -0.2) is 54.1 Å². The van der Waals surface area contributed by atoms with Gasteiger partial charge >= 0.3 is 5.97 Å². The van der Waals surface area contributed by atoms with Crippen molar-refractivity contribution in [2.75, 3.05) is 26.8 Å². The molecule has 0 spiro atoms. The molecule has 5 heteroatoms. The summed E-state index contributed by atoms with van der Waals surface area (Å²) in [6.07, 6.45) is -0.233. The van der Waals surface area contributed by atoms with E-state index in [-0.39, 0.29) is 18.5 Å². The van der Waals surface area contributed by atoms with E-state index in [4.69, 9.17) is 5.11 Å². The molecule has 0 aromatic heterocycles. The Labute approximate surface area is 76.9 Å². The van der Waals surface area contributed by atoms with E-state index in [1.54, 1.807) is 4.90 Å². The smallest absolute Gasteiger partial charge is 0.310 e. The lowest BCUT2D eigenvalue weighted by Gasteiger charge is -2.17. The molecule has 0 saturated carbocycles. The molecule has 0 bridgehead atoms. The number of aliphatic hydroxyl groups is 2. The number of likely N-dealkylation sites (tertiary alicyclic amines) is 1. The van der Waals surface area contributed by atoms with Gasteiger partial charge in [-0.2, -0.15) is 0 Å². The van der Waals surface area contributed by atoms with E-state index in [1.807, 2.05) is 0 Å². The lowest BCUT2D eigenvalue weighted by atomic mass is 10.1. The van der Waals surface area contributed by atoms with E-state index in [1.165, 1.54) is 7.11 Å². The Balaban J connectivity index is 2.44. The Kier molecular flexibility index (Phi) is 3.65. The molecule has 0 aromatic carbocycles. The van der Waals surface area contributed by atoms with Crippen molar-refractivity contribution >= 4 is 5.97 Å². The molecular formula is C8H15NO4. The Morgan fingerprint density at radius 2 is 2.38 bits per heavy atom. The van der Waals surface area contributed by atoms with Gasteiger partial charge in [0.25, 0.3) is 0 Å². The lowest BCUT2D eigenvalue weighted by Crippen LogP contribution is -2.32. The molecule has 2 unspecified atom stereocenters. The van der Waals surface area contributed by atoms with Crippen LogP contribution in [0.15, 0.2) is 0 Å². The van der Waals surface area contributed by atoms with Crippen molar-refractivity contribution in [2.45, 2.75) is 12.6 Å². The zero-order valence-electron chi connectivity index (χ0n) is 7.64. The Morgan fingerprint density at radius 3 is 2.92 bits per heavy atom. The second-order valence-electron chi connectivity index (χ2n) is 3.15. The topological polar surface area (TPSA) is 70.0 Å². The SMILES string of the molecule is COC(=O)C1CC(O)N(CCO)C1. The third-order valence-electron chi connectivity index (χ3n) is 2.29. The quantitative estimate of drug-likeness (QED) is 0.545. The molecule has 0 amide bonds. The van der Waals surface area contributed by atoms with Crippen molar-refractivity contribution in [3.8, 4) is 0 Å². The number of hydrogen-bond acceptors (Lipinski definition) is 5. The number of hydrogen-bond donors (Lipinski definition) is 2. The molecule has 1 saturated heterocycles. The van der Waals surface area contributed by atoms with Gasteiger partial charge in [0.05, 0.1) is 19.6 Å². The molecule has 0 aromatic rings. The first-order chi connectivity index (χ1) is 6.19. The van der Waals surface area contributed by atoms with Crippen LogP contribution in [0.1, 0.15) is 6.42 Å². The number of methoxy groups -OCH3 is 1. The monoisotopic (exact) mass is 189 g/mol. The highest BCUT2D eigenvalue weighted by Gasteiger charge is 2.34. The number of aliphatic hydroxyl groups excluding tert-OH is 2. The van der Waals surface area contributed by atoms with E-state index in [9.17, 15) is 9.90 Å². The lowest BCUT2D eigenvalue weighted by molar-refractivity contribution is -0.145. The number of rotatable bonds is 3. The van der Waals surface area contributed by atoms with Crippen molar-refractivity contribution in [3.63, 3.8) is 0 Å². The summed E-state index contributed by atoms with van der Waals surface area (Å²) >= 11 is 0. The zero-order chi connectivity index (χ0) is 9.84. The fraction of sp³-hybridized carbons (Fsp3) is 0.875. The summed E-state index contributed by atoms with van der Waals surface area (Å²) < 4.78 is 4.57. The van der Waals surface area contributed by atoms with E-state index in [2.05, 4.69) is 4.74 Å². The number of β-amino-alcohol motifs (C(OH)–C–C–N with tert-alkyl or cyclic N) is 1. The minimum atomic E-state index is -0.628. The molecule has 1 aliphatic rings. The second kappa shape index (κ2) is 4.55. The summed E-state index contributed by atoms with van der Waals surface area (Å²) in [5.74, 6) is -0.550. The van der Waals surface area contributed by atoms with Gasteiger partial charge in [-0.15, -0.1) is 0 Å². The average molecular weight is 189 g/mol. The van der Waals surface area contributed by atoms with Gasteiger partial charge in [-0.1, -0.05) is 0 Å². The van der Waals surface area contributed by atoms with Crippen molar-refractivity contribution in [1.82, 2.24) is 4.90 Å². The van der Waals surface area contributed by atoms with Crippen molar-refractivity contribution in [1.29, 1.82) is 0 Å². The largest absolute Gasteiger partial charge is 0.469 e. The fourth-order valence-electron chi connectivity index (χ4n) is 1.59. The molecule has 1 heterocycles. The second-order valence-corrected chi connectivity index (χ2v) is 3.15. The molecular weight excluding hydrogens is 174 g/mol. The maximum Gasteiger partial charge on any atom is 0.310 e. The zero-order valence-corrected chi connectivity index (χ0v) is 7.64. The van der Waals surface area contributed by atoms with Gasteiger partial charge in [0, 0.05) is 19.5 Å². The van der Waals surface area contributed by atoms with Crippen molar-refractivity contribution < 1.29 is 19.7 Å². The standard InChI is InChI=1S/C8H15NO4/c1-13-8(12)6-4-7(11)9(5-6)2-3-10/h6-7,10-11H,2-5H2,1H3. The van der Waals surface area contributed by atoms with Crippen LogP contribution in [0, 0.1) is 5.92 Å². The number of ether oxygens (including phenoxy) is 1. The van der Waals surface area contributed by atoms with Gasteiger partial charge in [0.15, 0.2) is 0 Å². The van der Waals surface area contributed by atoms with Crippen LogP contribution >= 0.6 is 0 Å². The Hall–Kier alpha value is -0.650. The number of nitrogens with zero attached hydrogens (tertiary/aromatic N) is 1. The molecule has 0 aliphatic carbocycles. The summed E-state index contributed by atoms with van der Waals surface area (Å²) in [6, 6.07) is 0. The molecule has 2 N–H and O–H groups in total. The predicted molar refractivity (Wildman–Crippen MR) is 44.8 cm³/mol. The van der Waals surface area contributed by atoms with Gasteiger partial charge in [0.1, 0.15) is 6.23 Å². The fourth-order valence-corrected chi connectivity index (χ4v) is 1.59. The van der Waals surface area contributed by atoms with Crippen LogP contribution in [0.2, 0.25) is 0 Å². The third-order valence-corrected chi connectivity index (χ3v) is 2.29. The van der Waals surface area contributed by atoms with Gasteiger partial charge in [-0.25, -0.2) is 0 Å². The van der Waals surface area contributed by atoms with Gasteiger partial charge in [0.2, 0.25) is 0 Å². The van der Waals surface area contributed by atoms with Crippen LogP contribution in [0.4, 0.5) is 0 Å². The molecule has 1 fully saturated rings. The molecule has 13 heavy (non-hydrogen) atoms. The Morgan fingerprint density at radius 1 is 1.69 bits per heavy atom. The maximum absolute atomic E-state index is 11.1. The van der Waals surface area contributed by atoms with Crippen LogP contribution in [-0.2, 0) is 9.53 Å². The van der Waals surface area contributed by atoms with Crippen LogP contribution in [0.25, 0.3) is 0 Å². The summed E-state index contributed by atoms with van der Waals surface area (Å²) in [7, 11) is 1.34. The van der Waals surface area contributed by atoms with E-state index >= 15 is 0 Å². The van der Waals surface area contributed by atoms with Gasteiger partial charge in [-0.05, 0) is 0 Å². The molecule has 2 atom stereocenters. The first-order valence-electron chi connectivity index (χ1n) is 4.29. The van der Waals surface area contributed by atoms with E-state index < -0.39 is 6.23 Å². The molecule has 5 nitrogen and oxygen atoms in total. The van der Waals surface area contributed by atoms with Crippen LogP contribution in [0.3, 0.4) is 0 Å². The minimum absolute atomic E-state index is 0.00898. The van der Waals surface area contributed by atoms with E-state index in [0.717, 1.165) is 0 Å². The highest BCUT2D eigenvalue weighted by atomic mass is 16.5. The summed E-state index contributed by atoms with van der Waals surface area (Å²) in [5, 5.41) is 18.1. The normalized spacial score (nSPS) is 29.2. The van der Waals surface area contributed by atoms with Gasteiger partial charge in [-0.3, -0.25) is 9.69 Å². The summed E-state index contributed by atoms with van der Waals surface area (Å²) in [5.41, 5.74) is 0. The molecule has 1 aliphatic heterocycles. The van der Waals surface area contributed by atoms with Crippen molar-refractivity contribution in [3.05, 3.63) is 0 Å². The minimum Gasteiger partial charge on any atom is -0.469 e. The number of carbonyl (C=O) groups excluding carboxylic acids is 1. The highest BCUT2D eigenvalue weighted by Crippen LogP contribution is 2.21. The van der Waals surface area contributed by atoms with Gasteiger partial charge < -0.3 is 14.9 Å². The van der Waals surface area contributed by atoms with Crippen LogP contribution in [0.5, 0.6) is 0 Å². The highest BCUT2D eigenvalue weighted by molar-refractivity contribution is 5.72. The molecule has 1 rings (SSSR count). The number of esters is 1. The third kappa shape index (κ3) is 2.40. The first-order valence-corrected chi connectivity index (χ1v) is 4.29. The van der Waals surface area contributed by atoms with Crippen molar-refractivity contribution in [2.24, 2.45) is 5.92 Å². The molecule has 76 valence electrons. The maximum atomic E-state index is 11.1. The van der Waals surface area contributed by atoms with E-state index in [0.29, 0.717) is 19.5 Å². The average Bonchev–Trinajstić information content (AvgIpc) is 2.47. The Bertz CT molecular complexity index is 185.